The van der Waals surface area contributed by atoms with Gasteiger partial charge in [0.15, 0.2) is 0 Å². The van der Waals surface area contributed by atoms with Crippen LogP contribution >= 0.6 is 0 Å². The molecule has 2 fully saturated rings. The van der Waals surface area contributed by atoms with Gasteiger partial charge in [0.1, 0.15) is 0 Å². The summed E-state index contributed by atoms with van der Waals surface area (Å²) in [6, 6.07) is 2.83. The standard InChI is InChI=1S/C15H24N4/c16-14-12-17-7-4-15(14)19-10-5-13(6-11-19)18-8-2-1-3-9-18/h4,7,12-13H,1-3,5-6,8-11,16H2. The molecule has 19 heavy (non-hydrogen) atoms. The molecule has 0 atom stereocenters. The molecule has 0 saturated carbocycles. The first kappa shape index (κ1) is 12.7. The van der Waals surface area contributed by atoms with Crippen LogP contribution in [0.2, 0.25) is 0 Å². The molecule has 3 heterocycles. The van der Waals surface area contributed by atoms with Crippen LogP contribution < -0.4 is 10.6 Å². The van der Waals surface area contributed by atoms with Crippen molar-refractivity contribution < 1.29 is 0 Å². The molecule has 0 radical (unpaired) electrons. The maximum Gasteiger partial charge on any atom is 0.0738 e. The molecule has 0 aromatic carbocycles. The molecular formula is C15H24N4. The fourth-order valence-electron chi connectivity index (χ4n) is 3.44. The quantitative estimate of drug-likeness (QED) is 0.884. The Labute approximate surface area is 115 Å². The van der Waals surface area contributed by atoms with Crippen LogP contribution in [0.25, 0.3) is 0 Å². The summed E-state index contributed by atoms with van der Waals surface area (Å²) < 4.78 is 0. The Bertz CT molecular complexity index is 406. The van der Waals surface area contributed by atoms with Crippen molar-refractivity contribution in [2.45, 2.75) is 38.1 Å². The molecule has 0 spiro atoms. The zero-order chi connectivity index (χ0) is 13.1. The van der Waals surface area contributed by atoms with Crippen LogP contribution in [0.1, 0.15) is 32.1 Å². The van der Waals surface area contributed by atoms with Crippen LogP contribution in [-0.4, -0.2) is 42.1 Å². The smallest absolute Gasteiger partial charge is 0.0738 e. The molecule has 3 rings (SSSR count). The van der Waals surface area contributed by atoms with Gasteiger partial charge in [-0.15, -0.1) is 0 Å². The molecule has 2 aliphatic rings. The fourth-order valence-corrected chi connectivity index (χ4v) is 3.44. The number of hydrogen-bond donors (Lipinski definition) is 1. The Morgan fingerprint density at radius 3 is 2.47 bits per heavy atom. The molecule has 0 bridgehead atoms. The number of hydrogen-bond acceptors (Lipinski definition) is 4. The van der Waals surface area contributed by atoms with Gasteiger partial charge in [-0.05, 0) is 44.8 Å². The van der Waals surface area contributed by atoms with Gasteiger partial charge in [-0.3, -0.25) is 4.98 Å². The molecule has 0 aliphatic carbocycles. The molecule has 1 aromatic heterocycles. The minimum absolute atomic E-state index is 0.791. The minimum Gasteiger partial charge on any atom is -0.396 e. The van der Waals surface area contributed by atoms with E-state index in [4.69, 9.17) is 5.73 Å². The predicted octanol–water partition coefficient (Wildman–Crippen LogP) is 2.12. The maximum atomic E-state index is 6.01. The zero-order valence-electron chi connectivity index (χ0n) is 11.6. The third-order valence-corrected chi connectivity index (χ3v) is 4.54. The number of piperidine rings is 2. The van der Waals surface area contributed by atoms with Gasteiger partial charge in [0.05, 0.1) is 17.6 Å². The summed E-state index contributed by atoms with van der Waals surface area (Å²) in [6.45, 7) is 4.86. The summed E-state index contributed by atoms with van der Waals surface area (Å²) >= 11 is 0. The number of likely N-dealkylation sites (tertiary alicyclic amines) is 1. The lowest BCUT2D eigenvalue weighted by atomic mass is 9.99. The second-order valence-electron chi connectivity index (χ2n) is 5.75. The third kappa shape index (κ3) is 2.84. The average molecular weight is 260 g/mol. The molecule has 0 amide bonds. The topological polar surface area (TPSA) is 45.4 Å². The first-order valence-corrected chi connectivity index (χ1v) is 7.53. The van der Waals surface area contributed by atoms with Crippen LogP contribution in [0.4, 0.5) is 11.4 Å². The molecule has 104 valence electrons. The number of pyridine rings is 1. The van der Waals surface area contributed by atoms with Gasteiger partial charge in [-0.25, -0.2) is 0 Å². The van der Waals surface area contributed by atoms with Crippen LogP contribution in [0.3, 0.4) is 0 Å². The largest absolute Gasteiger partial charge is 0.396 e. The summed E-state index contributed by atoms with van der Waals surface area (Å²) in [4.78, 5) is 9.19. The zero-order valence-corrected chi connectivity index (χ0v) is 11.6. The molecule has 2 saturated heterocycles. The van der Waals surface area contributed by atoms with E-state index in [1.165, 1.54) is 45.2 Å². The Hall–Kier alpha value is -1.29. The van der Waals surface area contributed by atoms with Crippen molar-refractivity contribution in [2.24, 2.45) is 0 Å². The third-order valence-electron chi connectivity index (χ3n) is 4.54. The van der Waals surface area contributed by atoms with Crippen molar-refractivity contribution in [1.82, 2.24) is 9.88 Å². The van der Waals surface area contributed by atoms with E-state index in [-0.39, 0.29) is 0 Å². The molecule has 0 unspecified atom stereocenters. The highest BCUT2D eigenvalue weighted by molar-refractivity contribution is 5.66. The van der Waals surface area contributed by atoms with E-state index < -0.39 is 0 Å². The normalized spacial score (nSPS) is 22.6. The van der Waals surface area contributed by atoms with Gasteiger partial charge >= 0.3 is 0 Å². The second kappa shape index (κ2) is 5.78. The fraction of sp³-hybridized carbons (Fsp3) is 0.667. The number of nitrogens with two attached hydrogens (primary N) is 1. The minimum atomic E-state index is 0.791. The van der Waals surface area contributed by atoms with Crippen molar-refractivity contribution in [3.05, 3.63) is 18.5 Å². The summed E-state index contributed by atoms with van der Waals surface area (Å²) in [5.74, 6) is 0. The summed E-state index contributed by atoms with van der Waals surface area (Å²) in [5, 5.41) is 0. The van der Waals surface area contributed by atoms with E-state index >= 15 is 0 Å². The lowest BCUT2D eigenvalue weighted by Crippen LogP contribution is -2.46. The van der Waals surface area contributed by atoms with Crippen LogP contribution in [0.5, 0.6) is 0 Å². The second-order valence-corrected chi connectivity index (χ2v) is 5.75. The lowest BCUT2D eigenvalue weighted by molar-refractivity contribution is 0.141. The Balaban J connectivity index is 1.58. The first-order chi connectivity index (χ1) is 9.34. The van der Waals surface area contributed by atoms with Gasteiger partial charge in [-0.2, -0.15) is 0 Å². The van der Waals surface area contributed by atoms with Gasteiger partial charge < -0.3 is 15.5 Å². The highest BCUT2D eigenvalue weighted by Gasteiger charge is 2.26. The van der Waals surface area contributed by atoms with E-state index in [0.29, 0.717) is 0 Å². The summed E-state index contributed by atoms with van der Waals surface area (Å²) in [7, 11) is 0. The number of nitrogen functional groups attached to an aromatic ring is 1. The molecule has 2 aliphatic heterocycles. The Morgan fingerprint density at radius 1 is 1.05 bits per heavy atom. The number of rotatable bonds is 2. The van der Waals surface area contributed by atoms with Crippen molar-refractivity contribution in [3.63, 3.8) is 0 Å². The Kier molecular flexibility index (Phi) is 3.87. The predicted molar refractivity (Wildman–Crippen MR) is 79.3 cm³/mol. The van der Waals surface area contributed by atoms with Crippen molar-refractivity contribution in [3.8, 4) is 0 Å². The first-order valence-electron chi connectivity index (χ1n) is 7.53. The SMILES string of the molecule is Nc1cnccc1N1CCC(N2CCCCC2)CC1. The van der Waals surface area contributed by atoms with Gasteiger partial charge in [0.2, 0.25) is 0 Å². The maximum absolute atomic E-state index is 6.01. The molecule has 4 nitrogen and oxygen atoms in total. The number of anilines is 2. The van der Waals surface area contributed by atoms with E-state index in [2.05, 4.69) is 14.8 Å². The summed E-state index contributed by atoms with van der Waals surface area (Å²) in [5.41, 5.74) is 7.98. The van der Waals surface area contributed by atoms with E-state index in [1.54, 1.807) is 6.20 Å². The number of aromatic nitrogens is 1. The lowest BCUT2D eigenvalue weighted by Gasteiger charge is -2.41. The number of nitrogens with zero attached hydrogens (tertiary/aromatic N) is 3. The van der Waals surface area contributed by atoms with Crippen molar-refractivity contribution in [1.29, 1.82) is 0 Å². The molecule has 4 heteroatoms. The van der Waals surface area contributed by atoms with Gasteiger partial charge in [0, 0.05) is 25.3 Å². The molecule has 1 aromatic rings. The summed E-state index contributed by atoms with van der Waals surface area (Å²) in [6.07, 6.45) is 10.3. The highest BCUT2D eigenvalue weighted by atomic mass is 15.2. The van der Waals surface area contributed by atoms with Crippen LogP contribution in [-0.2, 0) is 0 Å². The van der Waals surface area contributed by atoms with Crippen molar-refractivity contribution >= 4 is 11.4 Å². The van der Waals surface area contributed by atoms with Gasteiger partial charge in [-0.1, -0.05) is 6.42 Å². The highest BCUT2D eigenvalue weighted by Crippen LogP contribution is 2.27. The van der Waals surface area contributed by atoms with Crippen LogP contribution in [0.15, 0.2) is 18.5 Å². The molecule has 2 N–H and O–H groups in total. The van der Waals surface area contributed by atoms with Gasteiger partial charge in [0.25, 0.3) is 0 Å². The monoisotopic (exact) mass is 260 g/mol. The van der Waals surface area contributed by atoms with Crippen LogP contribution in [0, 0.1) is 0 Å². The van der Waals surface area contributed by atoms with E-state index in [9.17, 15) is 0 Å². The van der Waals surface area contributed by atoms with E-state index in [1.807, 2.05) is 12.3 Å². The Morgan fingerprint density at radius 2 is 1.79 bits per heavy atom. The van der Waals surface area contributed by atoms with Crippen molar-refractivity contribution in [2.75, 3.05) is 36.8 Å². The molecular weight excluding hydrogens is 236 g/mol. The van der Waals surface area contributed by atoms with E-state index in [0.717, 1.165) is 30.5 Å². The average Bonchev–Trinajstić information content (AvgIpc) is 2.49.